The van der Waals surface area contributed by atoms with Crippen molar-refractivity contribution in [1.82, 2.24) is 15.5 Å². The molecule has 9 nitrogen and oxygen atoms in total. The Morgan fingerprint density at radius 3 is 2.36 bits per heavy atom. The van der Waals surface area contributed by atoms with Crippen molar-refractivity contribution in [3.8, 4) is 11.5 Å². The molecule has 4 N–H and O–H groups in total. The van der Waals surface area contributed by atoms with Crippen LogP contribution in [0.2, 0.25) is 0 Å². The largest absolute Gasteiger partial charge is 0.573 e. The third kappa shape index (κ3) is 9.78. The summed E-state index contributed by atoms with van der Waals surface area (Å²) in [6.07, 6.45) is 1.19. The van der Waals surface area contributed by atoms with Crippen LogP contribution in [0.25, 0.3) is 0 Å². The molecule has 2 amide bonds. The molecule has 2 aliphatic heterocycles. The number of amides is 2. The molecule has 1 unspecified atom stereocenters. The summed E-state index contributed by atoms with van der Waals surface area (Å²) in [4.78, 5) is 39.5. The van der Waals surface area contributed by atoms with Crippen molar-refractivity contribution in [3.63, 3.8) is 0 Å². The maximum Gasteiger partial charge on any atom is 0.573 e. The number of hydrogen-bond donors (Lipinski definition) is 3. The Kier molecular flexibility index (Phi) is 11.3. The minimum Gasteiger partial charge on any atom is -0.494 e. The van der Waals surface area contributed by atoms with Gasteiger partial charge in [0.2, 0.25) is 5.91 Å². The average Bonchev–Trinajstić information content (AvgIpc) is 2.98. The average molecular weight is 633 g/mol. The second-order valence-corrected chi connectivity index (χ2v) is 11.5. The summed E-state index contributed by atoms with van der Waals surface area (Å²) in [7, 11) is 0. The molecule has 1 saturated heterocycles. The van der Waals surface area contributed by atoms with Crippen LogP contribution >= 0.6 is 11.8 Å². The van der Waals surface area contributed by atoms with Crippen molar-refractivity contribution < 1.29 is 37.0 Å². The van der Waals surface area contributed by atoms with Crippen LogP contribution in [0.4, 0.5) is 13.2 Å². The molecule has 2 aliphatic rings. The fourth-order valence-electron chi connectivity index (χ4n) is 4.70. The summed E-state index contributed by atoms with van der Waals surface area (Å²) >= 11 is 1.41. The lowest BCUT2D eigenvalue weighted by molar-refractivity contribution is -0.274. The zero-order chi connectivity index (χ0) is 31.7. The van der Waals surface area contributed by atoms with Crippen molar-refractivity contribution in [2.24, 2.45) is 5.73 Å². The van der Waals surface area contributed by atoms with Gasteiger partial charge in [0.15, 0.2) is 5.78 Å². The first-order valence-corrected chi connectivity index (χ1v) is 15.2. The number of carbonyl (C=O) groups excluding carboxylic acids is 3. The molecule has 13 heteroatoms. The van der Waals surface area contributed by atoms with E-state index in [-0.39, 0.29) is 36.4 Å². The topological polar surface area (TPSA) is 123 Å². The van der Waals surface area contributed by atoms with Gasteiger partial charge in [-0.15, -0.1) is 24.9 Å². The first-order chi connectivity index (χ1) is 21.0. The zero-order valence-electron chi connectivity index (χ0n) is 24.2. The second kappa shape index (κ2) is 15.2. The van der Waals surface area contributed by atoms with E-state index in [0.717, 1.165) is 30.6 Å². The quantitative estimate of drug-likeness (QED) is 0.281. The lowest BCUT2D eigenvalue weighted by Gasteiger charge is -2.39. The van der Waals surface area contributed by atoms with Gasteiger partial charge in [0, 0.05) is 43.4 Å². The van der Waals surface area contributed by atoms with E-state index < -0.39 is 18.4 Å². The van der Waals surface area contributed by atoms with Crippen molar-refractivity contribution in [2.75, 3.05) is 18.9 Å². The number of nitrogens with zero attached hydrogens (tertiary/aromatic N) is 1. The molecule has 44 heavy (non-hydrogen) atoms. The second-order valence-electron chi connectivity index (χ2n) is 10.4. The Hall–Kier alpha value is -3.97. The van der Waals surface area contributed by atoms with Crippen molar-refractivity contribution >= 4 is 29.4 Å². The van der Waals surface area contributed by atoms with Crippen LogP contribution in [0.1, 0.15) is 37.3 Å². The van der Waals surface area contributed by atoms with Crippen LogP contribution < -0.4 is 25.8 Å². The van der Waals surface area contributed by atoms with E-state index in [0.29, 0.717) is 34.9 Å². The molecular formula is C31H35F3N4O5S. The van der Waals surface area contributed by atoms with E-state index in [2.05, 4.69) is 15.4 Å². The number of unbranched alkanes of at least 4 members (excludes halogenated alkanes) is 2. The number of nitrogens with one attached hydrogen (secondary N) is 2. The van der Waals surface area contributed by atoms with E-state index in [9.17, 15) is 27.6 Å². The number of Topliss-reactive ketones (excluding diaryl/α,β-unsaturated/α-hetero) is 1. The third-order valence-corrected chi connectivity index (χ3v) is 8.09. The smallest absolute Gasteiger partial charge is 0.494 e. The van der Waals surface area contributed by atoms with E-state index in [1.54, 1.807) is 17.2 Å². The number of ketones is 1. The lowest BCUT2D eigenvalue weighted by atomic mass is 9.98. The molecule has 0 radical (unpaired) electrons. The molecule has 0 saturated carbocycles. The predicted molar refractivity (Wildman–Crippen MR) is 160 cm³/mol. The zero-order valence-corrected chi connectivity index (χ0v) is 25.0. The number of ether oxygens (including phenoxy) is 2. The number of alkyl halides is 3. The first-order valence-electron chi connectivity index (χ1n) is 14.2. The molecule has 236 valence electrons. The van der Waals surface area contributed by atoms with Crippen LogP contribution in [-0.4, -0.2) is 59.8 Å². The number of benzene rings is 2. The van der Waals surface area contributed by atoms with Gasteiger partial charge in [0.1, 0.15) is 17.5 Å². The third-order valence-electron chi connectivity index (χ3n) is 6.89. The molecule has 0 bridgehead atoms. The van der Waals surface area contributed by atoms with Gasteiger partial charge in [-0.05, 0) is 60.7 Å². The molecule has 0 aromatic heterocycles. The Bertz CT molecular complexity index is 1380. The molecule has 2 aromatic rings. The summed E-state index contributed by atoms with van der Waals surface area (Å²) in [5, 5.41) is 5.67. The summed E-state index contributed by atoms with van der Waals surface area (Å²) < 4.78 is 47.3. The number of halogens is 3. The number of hydrogen-bond acceptors (Lipinski definition) is 8. The molecule has 2 aromatic carbocycles. The fraction of sp³-hybridized carbons (Fsp3) is 0.387. The summed E-state index contributed by atoms with van der Waals surface area (Å²) in [6.45, 7) is 3.15. The maximum atomic E-state index is 13.2. The van der Waals surface area contributed by atoms with Gasteiger partial charge < -0.3 is 30.7 Å². The van der Waals surface area contributed by atoms with Crippen LogP contribution in [0.15, 0.2) is 71.3 Å². The van der Waals surface area contributed by atoms with Crippen molar-refractivity contribution in [1.29, 1.82) is 0 Å². The Labute approximate surface area is 258 Å². The maximum absolute atomic E-state index is 13.2. The highest BCUT2D eigenvalue weighted by Crippen LogP contribution is 2.36. The molecule has 0 spiro atoms. The van der Waals surface area contributed by atoms with E-state index in [1.165, 1.54) is 43.0 Å². The normalized spacial score (nSPS) is 18.1. The number of carbonyl (C=O) groups is 3. The Morgan fingerprint density at radius 1 is 1.00 bits per heavy atom. The van der Waals surface area contributed by atoms with Gasteiger partial charge in [-0.1, -0.05) is 24.3 Å². The molecule has 2 heterocycles. The SMILES string of the molecule is CC(=O)NCCCCCOc1ccc(CNC(=O)C2=CN(Cc3ccc(OC(F)(F)F)cc3)C3C(=O)[C@@H](N)CSC3=C2)cc1. The lowest BCUT2D eigenvalue weighted by Crippen LogP contribution is -2.52. The first kappa shape index (κ1) is 32.9. The number of fused-ring (bicyclic) bond motifs is 1. The Morgan fingerprint density at radius 2 is 1.68 bits per heavy atom. The number of thioether (sulfide) groups is 1. The molecular weight excluding hydrogens is 597 g/mol. The van der Waals surface area contributed by atoms with Gasteiger partial charge >= 0.3 is 6.36 Å². The fourth-order valence-corrected chi connectivity index (χ4v) is 5.85. The number of nitrogens with two attached hydrogens (primary N) is 1. The summed E-state index contributed by atoms with van der Waals surface area (Å²) in [6, 6.07) is 11.4. The summed E-state index contributed by atoms with van der Waals surface area (Å²) in [5.41, 5.74) is 7.87. The van der Waals surface area contributed by atoms with E-state index in [1.807, 2.05) is 24.3 Å². The van der Waals surface area contributed by atoms with Crippen molar-refractivity contribution in [3.05, 3.63) is 82.4 Å². The molecule has 4 rings (SSSR count). The van der Waals surface area contributed by atoms with Crippen molar-refractivity contribution in [2.45, 2.75) is 57.7 Å². The molecule has 2 atom stereocenters. The van der Waals surface area contributed by atoms with Crippen LogP contribution in [0, 0.1) is 0 Å². The molecule has 1 fully saturated rings. The van der Waals surface area contributed by atoms with Gasteiger partial charge in [-0.3, -0.25) is 14.4 Å². The van der Waals surface area contributed by atoms with Gasteiger partial charge in [0.05, 0.1) is 18.2 Å². The highest BCUT2D eigenvalue weighted by molar-refractivity contribution is 8.03. The van der Waals surface area contributed by atoms with Gasteiger partial charge in [-0.2, -0.15) is 0 Å². The summed E-state index contributed by atoms with van der Waals surface area (Å²) in [5.74, 6) is 0.207. The minimum atomic E-state index is -4.80. The molecule has 0 aliphatic carbocycles. The van der Waals surface area contributed by atoms with Crippen LogP contribution in [0.5, 0.6) is 11.5 Å². The van der Waals surface area contributed by atoms with E-state index >= 15 is 0 Å². The van der Waals surface area contributed by atoms with E-state index in [4.69, 9.17) is 10.5 Å². The van der Waals surface area contributed by atoms with Crippen LogP contribution in [0.3, 0.4) is 0 Å². The minimum absolute atomic E-state index is 0.0313. The highest BCUT2D eigenvalue weighted by Gasteiger charge is 2.39. The Balaban J connectivity index is 1.34. The standard InChI is InChI=1S/C31H35F3N4O5S/c1-20(39)36-13-3-2-4-14-42-24-9-5-21(6-10-24)16-37-30(41)23-15-27-28(29(40)26(35)19-44-27)38(18-23)17-22-7-11-25(12-8-22)43-31(32,33)34/h5-12,15,18,26,28H,2-4,13-14,16-17,19,35H2,1H3,(H,36,39)(H,37,41)/t26-,28?/m0/s1. The van der Waals surface area contributed by atoms with Crippen LogP contribution in [-0.2, 0) is 27.5 Å². The monoisotopic (exact) mass is 632 g/mol. The highest BCUT2D eigenvalue weighted by atomic mass is 32.2. The van der Waals surface area contributed by atoms with Gasteiger partial charge in [0.25, 0.3) is 5.91 Å². The number of rotatable bonds is 13. The van der Waals surface area contributed by atoms with Gasteiger partial charge in [-0.25, -0.2) is 0 Å². The predicted octanol–water partition coefficient (Wildman–Crippen LogP) is 4.18.